The summed E-state index contributed by atoms with van der Waals surface area (Å²) in [4.78, 5) is 26.0. The van der Waals surface area contributed by atoms with Crippen molar-refractivity contribution < 1.29 is 14.3 Å². The van der Waals surface area contributed by atoms with Gasteiger partial charge < -0.3 is 10.1 Å². The molecule has 2 aromatic rings. The second kappa shape index (κ2) is 8.15. The summed E-state index contributed by atoms with van der Waals surface area (Å²) in [6.45, 7) is 0.317. The Bertz CT molecular complexity index is 786. The normalized spacial score (nSPS) is 16.0. The predicted molar refractivity (Wildman–Crippen MR) is 101 cm³/mol. The number of hydrogen-bond acceptors (Lipinski definition) is 4. The molecule has 0 bridgehead atoms. The first kappa shape index (κ1) is 18.1. The number of methoxy groups -OCH3 is 1. The largest absolute Gasteiger partial charge is 0.465 e. The molecule has 1 atom stereocenters. The minimum Gasteiger partial charge on any atom is -0.465 e. The van der Waals surface area contributed by atoms with Gasteiger partial charge in [-0.05, 0) is 61.7 Å². The summed E-state index contributed by atoms with van der Waals surface area (Å²) in [6, 6.07) is 15.5. The molecule has 5 nitrogen and oxygen atoms in total. The minimum absolute atomic E-state index is 0.0682. The molecule has 0 aliphatic heterocycles. The molecule has 136 valence electrons. The average Bonchev–Trinajstić information content (AvgIpc) is 2.67. The van der Waals surface area contributed by atoms with Gasteiger partial charge in [0.05, 0.1) is 19.2 Å². The van der Waals surface area contributed by atoms with Gasteiger partial charge in [0, 0.05) is 11.7 Å². The number of benzene rings is 2. The van der Waals surface area contributed by atoms with Gasteiger partial charge in [-0.1, -0.05) is 24.3 Å². The van der Waals surface area contributed by atoms with E-state index >= 15 is 0 Å². The van der Waals surface area contributed by atoms with Crippen molar-refractivity contribution in [2.75, 3.05) is 26.0 Å². The highest BCUT2D eigenvalue weighted by atomic mass is 16.5. The number of likely N-dealkylation sites (N-methyl/N-ethyl adjacent to an activating group) is 1. The van der Waals surface area contributed by atoms with E-state index in [4.69, 9.17) is 0 Å². The molecule has 1 aliphatic carbocycles. The maximum absolute atomic E-state index is 12.4. The lowest BCUT2D eigenvalue weighted by Crippen LogP contribution is -2.34. The van der Waals surface area contributed by atoms with Gasteiger partial charge in [0.1, 0.15) is 0 Å². The molecule has 1 amide bonds. The standard InChI is InChI=1S/C21H24N2O3/c1-23(19-9-5-7-15-6-3-4-8-18(15)19)14-20(24)22-17-12-10-16(11-13-17)21(25)26-2/h3-4,6,8,10-13,19H,5,7,9,14H2,1-2H3,(H,22,24)/t19-/m0/s1. The highest BCUT2D eigenvalue weighted by Gasteiger charge is 2.24. The Hall–Kier alpha value is -2.66. The van der Waals surface area contributed by atoms with Crippen LogP contribution in [0.25, 0.3) is 0 Å². The van der Waals surface area contributed by atoms with Crippen molar-refractivity contribution in [1.82, 2.24) is 4.90 Å². The second-order valence-corrected chi connectivity index (χ2v) is 6.64. The quantitative estimate of drug-likeness (QED) is 0.838. The van der Waals surface area contributed by atoms with Gasteiger partial charge in [-0.3, -0.25) is 9.69 Å². The molecule has 1 aliphatic rings. The number of rotatable bonds is 5. The molecule has 3 rings (SSSR count). The Labute approximate surface area is 154 Å². The zero-order valence-electron chi connectivity index (χ0n) is 15.2. The molecule has 26 heavy (non-hydrogen) atoms. The van der Waals surface area contributed by atoms with Crippen LogP contribution in [0, 0.1) is 0 Å². The van der Waals surface area contributed by atoms with Crippen LogP contribution < -0.4 is 5.32 Å². The van der Waals surface area contributed by atoms with Crippen LogP contribution in [0.2, 0.25) is 0 Å². The first-order valence-electron chi connectivity index (χ1n) is 8.85. The molecule has 0 saturated carbocycles. The van der Waals surface area contributed by atoms with Crippen molar-refractivity contribution >= 4 is 17.6 Å². The summed E-state index contributed by atoms with van der Waals surface area (Å²) in [6.07, 6.45) is 3.32. The molecular weight excluding hydrogens is 328 g/mol. The van der Waals surface area contributed by atoms with Crippen LogP contribution in [0.5, 0.6) is 0 Å². The Kier molecular flexibility index (Phi) is 5.68. The van der Waals surface area contributed by atoms with Gasteiger partial charge in [-0.2, -0.15) is 0 Å². The third-order valence-corrected chi connectivity index (χ3v) is 4.85. The van der Waals surface area contributed by atoms with Crippen molar-refractivity contribution in [1.29, 1.82) is 0 Å². The second-order valence-electron chi connectivity index (χ2n) is 6.64. The van der Waals surface area contributed by atoms with Crippen LogP contribution >= 0.6 is 0 Å². The van der Waals surface area contributed by atoms with E-state index in [0.717, 1.165) is 19.3 Å². The predicted octanol–water partition coefficient (Wildman–Crippen LogP) is 3.42. The van der Waals surface area contributed by atoms with Crippen LogP contribution in [0.4, 0.5) is 5.69 Å². The van der Waals surface area contributed by atoms with Crippen molar-refractivity contribution in [3.05, 3.63) is 65.2 Å². The fourth-order valence-electron chi connectivity index (χ4n) is 3.53. The Morgan fingerprint density at radius 2 is 1.88 bits per heavy atom. The molecule has 0 aromatic heterocycles. The van der Waals surface area contributed by atoms with E-state index in [1.165, 1.54) is 18.2 Å². The molecule has 0 unspecified atom stereocenters. The first-order chi connectivity index (χ1) is 12.6. The van der Waals surface area contributed by atoms with Crippen LogP contribution in [0.3, 0.4) is 0 Å². The van der Waals surface area contributed by atoms with E-state index < -0.39 is 5.97 Å². The van der Waals surface area contributed by atoms with Gasteiger partial charge in [0.25, 0.3) is 0 Å². The van der Waals surface area contributed by atoms with Gasteiger partial charge in [0.15, 0.2) is 0 Å². The van der Waals surface area contributed by atoms with E-state index in [0.29, 0.717) is 17.8 Å². The number of fused-ring (bicyclic) bond motifs is 1. The molecule has 2 aromatic carbocycles. The lowest BCUT2D eigenvalue weighted by atomic mass is 9.87. The zero-order valence-corrected chi connectivity index (χ0v) is 15.2. The van der Waals surface area contributed by atoms with Crippen LogP contribution in [0.1, 0.15) is 40.4 Å². The number of carbonyl (C=O) groups is 2. The molecule has 5 heteroatoms. The van der Waals surface area contributed by atoms with Gasteiger partial charge in [0.2, 0.25) is 5.91 Å². The minimum atomic E-state index is -0.390. The van der Waals surface area contributed by atoms with E-state index in [9.17, 15) is 9.59 Å². The third kappa shape index (κ3) is 4.11. The molecular formula is C21H24N2O3. The molecule has 0 spiro atoms. The van der Waals surface area contributed by atoms with Crippen molar-refractivity contribution in [2.45, 2.75) is 25.3 Å². The van der Waals surface area contributed by atoms with Crippen LogP contribution in [-0.2, 0) is 16.0 Å². The van der Waals surface area contributed by atoms with Crippen molar-refractivity contribution in [2.24, 2.45) is 0 Å². The monoisotopic (exact) mass is 352 g/mol. The first-order valence-corrected chi connectivity index (χ1v) is 8.85. The zero-order chi connectivity index (χ0) is 18.5. The number of ether oxygens (including phenoxy) is 1. The molecule has 0 saturated heterocycles. The summed E-state index contributed by atoms with van der Waals surface area (Å²) < 4.78 is 4.67. The smallest absolute Gasteiger partial charge is 0.337 e. The van der Waals surface area contributed by atoms with Crippen molar-refractivity contribution in [3.63, 3.8) is 0 Å². The van der Waals surface area contributed by atoms with Crippen LogP contribution in [0.15, 0.2) is 48.5 Å². The summed E-state index contributed by atoms with van der Waals surface area (Å²) in [5.74, 6) is -0.458. The summed E-state index contributed by atoms with van der Waals surface area (Å²) >= 11 is 0. The Morgan fingerprint density at radius 1 is 1.15 bits per heavy atom. The Morgan fingerprint density at radius 3 is 2.62 bits per heavy atom. The highest BCUT2D eigenvalue weighted by Crippen LogP contribution is 2.33. The highest BCUT2D eigenvalue weighted by molar-refractivity contribution is 5.94. The van der Waals surface area contributed by atoms with Gasteiger partial charge in [-0.15, -0.1) is 0 Å². The maximum Gasteiger partial charge on any atom is 0.337 e. The number of aryl methyl sites for hydroxylation is 1. The van der Waals surface area contributed by atoms with E-state index in [1.54, 1.807) is 24.3 Å². The SMILES string of the molecule is COC(=O)c1ccc(NC(=O)CN(C)[C@H]2CCCc3ccccc32)cc1. The fourth-order valence-corrected chi connectivity index (χ4v) is 3.53. The number of esters is 1. The number of amides is 1. The summed E-state index contributed by atoms with van der Waals surface area (Å²) in [5.41, 5.74) is 3.84. The topological polar surface area (TPSA) is 58.6 Å². The third-order valence-electron chi connectivity index (χ3n) is 4.85. The molecule has 0 fully saturated rings. The Balaban J connectivity index is 1.61. The van der Waals surface area contributed by atoms with E-state index in [-0.39, 0.29) is 11.9 Å². The summed E-state index contributed by atoms with van der Waals surface area (Å²) in [7, 11) is 3.34. The fraction of sp³-hybridized carbons (Fsp3) is 0.333. The van der Waals surface area contributed by atoms with Crippen LogP contribution in [-0.4, -0.2) is 37.5 Å². The lowest BCUT2D eigenvalue weighted by Gasteiger charge is -2.32. The van der Waals surface area contributed by atoms with E-state index in [2.05, 4.69) is 39.2 Å². The lowest BCUT2D eigenvalue weighted by molar-refractivity contribution is -0.117. The van der Waals surface area contributed by atoms with E-state index in [1.807, 2.05) is 7.05 Å². The molecule has 1 N–H and O–H groups in total. The van der Waals surface area contributed by atoms with Crippen molar-refractivity contribution in [3.8, 4) is 0 Å². The number of nitrogens with one attached hydrogen (secondary N) is 1. The van der Waals surface area contributed by atoms with Gasteiger partial charge in [-0.25, -0.2) is 4.79 Å². The average molecular weight is 352 g/mol. The molecule has 0 radical (unpaired) electrons. The number of carbonyl (C=O) groups excluding carboxylic acids is 2. The maximum atomic E-state index is 12.4. The number of nitrogens with zero attached hydrogens (tertiary/aromatic N) is 1. The van der Waals surface area contributed by atoms with Gasteiger partial charge >= 0.3 is 5.97 Å². The number of anilines is 1. The summed E-state index contributed by atoms with van der Waals surface area (Å²) in [5, 5.41) is 2.89. The molecule has 0 heterocycles. The number of hydrogen-bond donors (Lipinski definition) is 1.